The molecule has 0 radical (unpaired) electrons. The highest BCUT2D eigenvalue weighted by Crippen LogP contribution is 2.29. The summed E-state index contributed by atoms with van der Waals surface area (Å²) in [6, 6.07) is 6.67. The Bertz CT molecular complexity index is 531. The number of aliphatic carboxylic acids is 1. The molecular formula is C15H19ClN2O3. The lowest BCUT2D eigenvalue weighted by Crippen LogP contribution is -2.44. The monoisotopic (exact) mass is 310 g/mol. The summed E-state index contributed by atoms with van der Waals surface area (Å²) in [5.74, 6) is -0.558. The van der Waals surface area contributed by atoms with E-state index in [9.17, 15) is 9.59 Å². The van der Waals surface area contributed by atoms with Gasteiger partial charge in [-0.25, -0.2) is 4.79 Å². The average molecular weight is 311 g/mol. The predicted molar refractivity (Wildman–Crippen MR) is 80.3 cm³/mol. The Labute approximate surface area is 128 Å². The molecule has 114 valence electrons. The topological polar surface area (TPSA) is 69.6 Å². The Morgan fingerprint density at radius 1 is 1.48 bits per heavy atom. The molecule has 1 aliphatic rings. The second-order valence-electron chi connectivity index (χ2n) is 5.44. The second-order valence-corrected chi connectivity index (χ2v) is 5.88. The molecule has 0 saturated heterocycles. The third-order valence-electron chi connectivity index (χ3n) is 3.48. The molecular weight excluding hydrogens is 292 g/mol. The predicted octanol–water partition coefficient (Wildman–Crippen LogP) is 2.91. The standard InChI is InChI=1S/C15H19ClN2O3/c1-10(12-3-2-4-13(16)7-12)17-15(21)18(9-14(19)20)8-11-5-6-11/h2-4,7,10-11H,5-6,8-9H2,1H3,(H,17,21)(H,19,20). The zero-order valence-electron chi connectivity index (χ0n) is 11.9. The van der Waals surface area contributed by atoms with Gasteiger partial charge in [0, 0.05) is 11.6 Å². The quantitative estimate of drug-likeness (QED) is 0.848. The van der Waals surface area contributed by atoms with Crippen LogP contribution in [0.5, 0.6) is 0 Å². The average Bonchev–Trinajstić information content (AvgIpc) is 3.21. The van der Waals surface area contributed by atoms with Crippen molar-refractivity contribution in [2.75, 3.05) is 13.1 Å². The van der Waals surface area contributed by atoms with E-state index in [1.807, 2.05) is 19.1 Å². The largest absolute Gasteiger partial charge is 0.480 e. The highest BCUT2D eigenvalue weighted by atomic mass is 35.5. The second kappa shape index (κ2) is 6.80. The smallest absolute Gasteiger partial charge is 0.323 e. The molecule has 5 nitrogen and oxygen atoms in total. The molecule has 1 aromatic carbocycles. The van der Waals surface area contributed by atoms with Crippen LogP contribution >= 0.6 is 11.6 Å². The van der Waals surface area contributed by atoms with E-state index in [-0.39, 0.29) is 18.6 Å². The lowest BCUT2D eigenvalue weighted by Gasteiger charge is -2.24. The van der Waals surface area contributed by atoms with Crippen molar-refractivity contribution in [3.05, 3.63) is 34.9 Å². The Morgan fingerprint density at radius 2 is 2.19 bits per heavy atom. The van der Waals surface area contributed by atoms with E-state index in [1.54, 1.807) is 12.1 Å². The van der Waals surface area contributed by atoms with Crippen molar-refractivity contribution < 1.29 is 14.7 Å². The summed E-state index contributed by atoms with van der Waals surface area (Å²) in [6.07, 6.45) is 2.13. The molecule has 0 heterocycles. The number of benzene rings is 1. The molecule has 1 aromatic rings. The first kappa shape index (κ1) is 15.6. The lowest BCUT2D eigenvalue weighted by molar-refractivity contribution is -0.137. The zero-order valence-corrected chi connectivity index (χ0v) is 12.6. The van der Waals surface area contributed by atoms with E-state index >= 15 is 0 Å². The van der Waals surface area contributed by atoms with E-state index in [1.165, 1.54) is 4.90 Å². The number of nitrogens with one attached hydrogen (secondary N) is 1. The van der Waals surface area contributed by atoms with Gasteiger partial charge in [0.1, 0.15) is 6.54 Å². The Morgan fingerprint density at radius 3 is 2.76 bits per heavy atom. The van der Waals surface area contributed by atoms with Crippen molar-refractivity contribution in [3.63, 3.8) is 0 Å². The van der Waals surface area contributed by atoms with Crippen LogP contribution in [-0.2, 0) is 4.79 Å². The minimum absolute atomic E-state index is 0.230. The van der Waals surface area contributed by atoms with Gasteiger partial charge in [-0.05, 0) is 43.4 Å². The van der Waals surface area contributed by atoms with Crippen molar-refractivity contribution in [3.8, 4) is 0 Å². The normalized spacial score (nSPS) is 15.3. The van der Waals surface area contributed by atoms with Crippen LogP contribution in [0.1, 0.15) is 31.4 Å². The molecule has 1 unspecified atom stereocenters. The summed E-state index contributed by atoms with van der Waals surface area (Å²) in [5.41, 5.74) is 0.887. The molecule has 6 heteroatoms. The van der Waals surface area contributed by atoms with Crippen LogP contribution in [0.2, 0.25) is 5.02 Å². The molecule has 0 aliphatic heterocycles. The van der Waals surface area contributed by atoms with Gasteiger partial charge in [-0.2, -0.15) is 0 Å². The molecule has 2 N–H and O–H groups in total. The van der Waals surface area contributed by atoms with Crippen molar-refractivity contribution in [2.45, 2.75) is 25.8 Å². The molecule has 21 heavy (non-hydrogen) atoms. The fourth-order valence-electron chi connectivity index (χ4n) is 2.13. The summed E-state index contributed by atoms with van der Waals surface area (Å²) < 4.78 is 0. The van der Waals surface area contributed by atoms with Gasteiger partial charge in [0.05, 0.1) is 6.04 Å². The number of hydrogen-bond acceptors (Lipinski definition) is 2. The molecule has 0 aromatic heterocycles. The van der Waals surface area contributed by atoms with Crippen molar-refractivity contribution >= 4 is 23.6 Å². The van der Waals surface area contributed by atoms with E-state index in [0.717, 1.165) is 18.4 Å². The fraction of sp³-hybridized carbons (Fsp3) is 0.467. The number of urea groups is 1. The molecule has 1 fully saturated rings. The number of amides is 2. The number of carbonyl (C=O) groups excluding carboxylic acids is 1. The maximum atomic E-state index is 12.2. The Kier molecular flexibility index (Phi) is 5.07. The van der Waals surface area contributed by atoms with Gasteiger partial charge in [0.25, 0.3) is 0 Å². The van der Waals surface area contributed by atoms with Gasteiger partial charge in [-0.1, -0.05) is 23.7 Å². The summed E-state index contributed by atoms with van der Waals surface area (Å²) in [6.45, 7) is 2.07. The van der Waals surface area contributed by atoms with Crippen LogP contribution < -0.4 is 5.32 Å². The highest BCUT2D eigenvalue weighted by Gasteiger charge is 2.28. The summed E-state index contributed by atoms with van der Waals surface area (Å²) in [4.78, 5) is 24.5. The number of halogens is 1. The van der Waals surface area contributed by atoms with Crippen LogP contribution in [0.25, 0.3) is 0 Å². The van der Waals surface area contributed by atoms with Crippen LogP contribution in [0.3, 0.4) is 0 Å². The van der Waals surface area contributed by atoms with Crippen LogP contribution in [0, 0.1) is 5.92 Å². The van der Waals surface area contributed by atoms with Gasteiger partial charge in [-0.15, -0.1) is 0 Å². The van der Waals surface area contributed by atoms with E-state index in [4.69, 9.17) is 16.7 Å². The van der Waals surface area contributed by atoms with Gasteiger partial charge >= 0.3 is 12.0 Å². The summed E-state index contributed by atoms with van der Waals surface area (Å²) >= 11 is 5.93. The molecule has 2 rings (SSSR count). The minimum atomic E-state index is -0.999. The molecule has 1 saturated carbocycles. The van der Waals surface area contributed by atoms with Gasteiger partial charge in [0.15, 0.2) is 0 Å². The molecule has 0 spiro atoms. The number of nitrogens with zero attached hydrogens (tertiary/aromatic N) is 1. The maximum Gasteiger partial charge on any atom is 0.323 e. The number of carboxylic acids is 1. The number of hydrogen-bond donors (Lipinski definition) is 2. The lowest BCUT2D eigenvalue weighted by atomic mass is 10.1. The van der Waals surface area contributed by atoms with Gasteiger partial charge < -0.3 is 15.3 Å². The van der Waals surface area contributed by atoms with E-state index in [0.29, 0.717) is 17.5 Å². The van der Waals surface area contributed by atoms with Gasteiger partial charge in [-0.3, -0.25) is 4.79 Å². The first-order chi connectivity index (χ1) is 9.95. The van der Waals surface area contributed by atoms with E-state index < -0.39 is 5.97 Å². The zero-order chi connectivity index (χ0) is 15.4. The third kappa shape index (κ3) is 4.93. The van der Waals surface area contributed by atoms with Crippen LogP contribution in [0.15, 0.2) is 24.3 Å². The fourth-order valence-corrected chi connectivity index (χ4v) is 2.33. The van der Waals surface area contributed by atoms with Gasteiger partial charge in [0.2, 0.25) is 0 Å². The molecule has 0 bridgehead atoms. The summed E-state index contributed by atoms with van der Waals surface area (Å²) in [7, 11) is 0. The number of rotatable bonds is 6. The first-order valence-electron chi connectivity index (χ1n) is 6.98. The third-order valence-corrected chi connectivity index (χ3v) is 3.71. The number of carboxylic acid groups (broad SMARTS) is 1. The highest BCUT2D eigenvalue weighted by molar-refractivity contribution is 6.30. The van der Waals surface area contributed by atoms with Crippen molar-refractivity contribution in [1.82, 2.24) is 10.2 Å². The van der Waals surface area contributed by atoms with Crippen molar-refractivity contribution in [2.24, 2.45) is 5.92 Å². The van der Waals surface area contributed by atoms with Crippen LogP contribution in [-0.4, -0.2) is 35.1 Å². The number of carbonyl (C=O) groups is 2. The summed E-state index contributed by atoms with van der Waals surface area (Å²) in [5, 5.41) is 12.3. The minimum Gasteiger partial charge on any atom is -0.480 e. The molecule has 2 amide bonds. The van der Waals surface area contributed by atoms with E-state index in [2.05, 4.69) is 5.32 Å². The Balaban J connectivity index is 1.97. The maximum absolute atomic E-state index is 12.2. The SMILES string of the molecule is CC(NC(=O)N(CC(=O)O)CC1CC1)c1cccc(Cl)c1. The van der Waals surface area contributed by atoms with Crippen molar-refractivity contribution in [1.29, 1.82) is 0 Å². The Hall–Kier alpha value is -1.75. The van der Waals surface area contributed by atoms with Crippen LogP contribution in [0.4, 0.5) is 4.79 Å². The molecule has 1 aliphatic carbocycles. The first-order valence-corrected chi connectivity index (χ1v) is 7.36. The molecule has 1 atom stereocenters.